The number of fused-ring (bicyclic) bond motifs is 1. The van der Waals surface area contributed by atoms with E-state index in [1.807, 2.05) is 31.2 Å². The summed E-state index contributed by atoms with van der Waals surface area (Å²) in [6, 6.07) is 15.7. The van der Waals surface area contributed by atoms with Crippen LogP contribution in [0, 0.1) is 6.92 Å². The Labute approximate surface area is 156 Å². The minimum absolute atomic E-state index is 0.0529. The van der Waals surface area contributed by atoms with Crippen molar-refractivity contribution in [1.29, 1.82) is 0 Å². The molecule has 1 aromatic carbocycles. The summed E-state index contributed by atoms with van der Waals surface area (Å²) >= 11 is 0. The van der Waals surface area contributed by atoms with Crippen molar-refractivity contribution in [3.63, 3.8) is 0 Å². The molecule has 0 atom stereocenters. The van der Waals surface area contributed by atoms with Crippen molar-refractivity contribution < 1.29 is 8.42 Å². The normalized spacial score (nSPS) is 11.6. The Morgan fingerprint density at radius 1 is 1.04 bits per heavy atom. The average molecular weight is 379 g/mol. The zero-order valence-corrected chi connectivity index (χ0v) is 15.6. The molecule has 3 heterocycles. The van der Waals surface area contributed by atoms with Gasteiger partial charge in [-0.1, -0.05) is 24.3 Å². The van der Waals surface area contributed by atoms with Crippen LogP contribution < -0.4 is 5.32 Å². The van der Waals surface area contributed by atoms with Crippen LogP contribution >= 0.6 is 0 Å². The van der Waals surface area contributed by atoms with Crippen LogP contribution in [0.3, 0.4) is 0 Å². The van der Waals surface area contributed by atoms with Crippen molar-refractivity contribution in [2.45, 2.75) is 16.7 Å². The fourth-order valence-corrected chi connectivity index (χ4v) is 4.47. The van der Waals surface area contributed by atoms with Gasteiger partial charge in [0.05, 0.1) is 16.3 Å². The molecule has 1 N–H and O–H groups in total. The maximum Gasteiger partial charge on any atom is 0.214 e. The van der Waals surface area contributed by atoms with Gasteiger partial charge in [0.1, 0.15) is 0 Å². The van der Waals surface area contributed by atoms with Gasteiger partial charge in [-0.3, -0.25) is 4.98 Å². The first-order valence-electron chi connectivity index (χ1n) is 8.32. The summed E-state index contributed by atoms with van der Waals surface area (Å²) in [5.74, 6) is 0.245. The summed E-state index contributed by atoms with van der Waals surface area (Å²) in [6.07, 6.45) is 1.68. The molecule has 8 heteroatoms. The molecule has 0 saturated heterocycles. The lowest BCUT2D eigenvalue weighted by molar-refractivity contribution is 0.597. The standard InChI is InChI=1S/C19H17N5O2S/c1-13-12-16(15-10-6-7-11-21-15)24-19(22-13)17(18(20-2)23-24)27(25,26)14-8-4-3-5-9-14/h3-12H,1-2H3,(H,20,23). The highest BCUT2D eigenvalue weighted by atomic mass is 32.2. The molecule has 0 spiro atoms. The van der Waals surface area contributed by atoms with Gasteiger partial charge >= 0.3 is 0 Å². The molecule has 4 rings (SSSR count). The topological polar surface area (TPSA) is 89.2 Å². The fourth-order valence-electron chi connectivity index (χ4n) is 2.94. The summed E-state index contributed by atoms with van der Waals surface area (Å²) in [4.78, 5) is 9.09. The number of rotatable bonds is 4. The molecule has 136 valence electrons. The largest absolute Gasteiger partial charge is 0.370 e. The Hall–Kier alpha value is -3.26. The summed E-state index contributed by atoms with van der Waals surface area (Å²) in [6.45, 7) is 1.82. The number of anilines is 1. The third-order valence-corrected chi connectivity index (χ3v) is 5.97. The lowest BCUT2D eigenvalue weighted by Gasteiger charge is -2.07. The monoisotopic (exact) mass is 379 g/mol. The third-order valence-electron chi connectivity index (χ3n) is 4.16. The first-order valence-corrected chi connectivity index (χ1v) is 9.80. The van der Waals surface area contributed by atoms with E-state index in [1.165, 1.54) is 4.52 Å². The summed E-state index contributed by atoms with van der Waals surface area (Å²) in [7, 11) is -2.17. The summed E-state index contributed by atoms with van der Waals surface area (Å²) in [5, 5.41) is 7.35. The van der Waals surface area contributed by atoms with E-state index in [-0.39, 0.29) is 21.3 Å². The number of hydrogen-bond acceptors (Lipinski definition) is 6. The molecule has 0 bridgehead atoms. The van der Waals surface area contributed by atoms with Gasteiger partial charge in [-0.15, -0.1) is 5.10 Å². The Balaban J connectivity index is 2.07. The first-order chi connectivity index (χ1) is 13.0. The summed E-state index contributed by atoms with van der Waals surface area (Å²) in [5.41, 5.74) is 2.30. The lowest BCUT2D eigenvalue weighted by atomic mass is 10.2. The second-order valence-electron chi connectivity index (χ2n) is 5.98. The van der Waals surface area contributed by atoms with Gasteiger partial charge in [0, 0.05) is 18.9 Å². The minimum Gasteiger partial charge on any atom is -0.370 e. The Morgan fingerprint density at radius 3 is 2.44 bits per heavy atom. The number of hydrogen-bond donors (Lipinski definition) is 1. The number of aromatic nitrogens is 4. The molecule has 0 fully saturated rings. The highest BCUT2D eigenvalue weighted by Gasteiger charge is 2.29. The van der Waals surface area contributed by atoms with E-state index in [0.717, 1.165) is 0 Å². The van der Waals surface area contributed by atoms with Crippen LogP contribution in [0.2, 0.25) is 0 Å². The maximum atomic E-state index is 13.3. The van der Waals surface area contributed by atoms with Gasteiger partial charge < -0.3 is 5.32 Å². The second-order valence-corrected chi connectivity index (χ2v) is 7.86. The van der Waals surface area contributed by atoms with Crippen LogP contribution in [0.5, 0.6) is 0 Å². The van der Waals surface area contributed by atoms with Crippen molar-refractivity contribution >= 4 is 21.3 Å². The molecular weight excluding hydrogens is 362 g/mol. The predicted octanol–water partition coefficient (Wildman–Crippen LogP) is 2.97. The van der Waals surface area contributed by atoms with E-state index in [1.54, 1.807) is 43.6 Å². The molecule has 27 heavy (non-hydrogen) atoms. The van der Waals surface area contributed by atoms with E-state index in [0.29, 0.717) is 17.1 Å². The van der Waals surface area contributed by atoms with Gasteiger partial charge in [-0.05, 0) is 37.3 Å². The van der Waals surface area contributed by atoms with Crippen LogP contribution in [0.4, 0.5) is 5.82 Å². The lowest BCUT2D eigenvalue weighted by Crippen LogP contribution is -2.06. The molecule has 0 aliphatic rings. The quantitative estimate of drug-likeness (QED) is 0.586. The van der Waals surface area contributed by atoms with Crippen LogP contribution in [-0.2, 0) is 9.84 Å². The van der Waals surface area contributed by atoms with Crippen LogP contribution in [-0.4, -0.2) is 35.0 Å². The number of pyridine rings is 1. The van der Waals surface area contributed by atoms with Crippen molar-refractivity contribution in [3.8, 4) is 11.4 Å². The van der Waals surface area contributed by atoms with Gasteiger partial charge in [0.25, 0.3) is 0 Å². The Bertz CT molecular complexity index is 1220. The smallest absolute Gasteiger partial charge is 0.214 e. The van der Waals surface area contributed by atoms with Crippen molar-refractivity contribution in [2.75, 3.05) is 12.4 Å². The number of sulfone groups is 1. The van der Waals surface area contributed by atoms with Gasteiger partial charge in [0.15, 0.2) is 16.4 Å². The first kappa shape index (κ1) is 17.2. The van der Waals surface area contributed by atoms with Gasteiger partial charge in [-0.2, -0.15) is 0 Å². The fraction of sp³-hybridized carbons (Fsp3) is 0.105. The van der Waals surface area contributed by atoms with Gasteiger partial charge in [-0.25, -0.2) is 17.9 Å². The second kappa shape index (κ2) is 6.48. The highest BCUT2D eigenvalue weighted by Crippen LogP contribution is 2.32. The van der Waals surface area contributed by atoms with Crippen molar-refractivity contribution in [1.82, 2.24) is 19.6 Å². The van der Waals surface area contributed by atoms with Crippen molar-refractivity contribution in [3.05, 3.63) is 66.5 Å². The van der Waals surface area contributed by atoms with Gasteiger partial charge in [0.2, 0.25) is 9.84 Å². The molecule has 4 aromatic rings. The SMILES string of the molecule is CNc1nn2c(-c3ccccn3)cc(C)nc2c1S(=O)(=O)c1ccccc1. The average Bonchev–Trinajstić information content (AvgIpc) is 3.08. The van der Waals surface area contributed by atoms with E-state index in [2.05, 4.69) is 20.4 Å². The Kier molecular flexibility index (Phi) is 4.12. The molecule has 0 saturated carbocycles. The minimum atomic E-state index is -3.81. The van der Waals surface area contributed by atoms with E-state index in [4.69, 9.17) is 0 Å². The zero-order valence-electron chi connectivity index (χ0n) is 14.8. The zero-order chi connectivity index (χ0) is 19.0. The Morgan fingerprint density at radius 2 is 1.78 bits per heavy atom. The maximum absolute atomic E-state index is 13.3. The molecule has 0 unspecified atom stereocenters. The molecule has 3 aromatic heterocycles. The molecule has 0 aliphatic heterocycles. The van der Waals surface area contributed by atoms with Crippen LogP contribution in [0.15, 0.2) is 70.6 Å². The van der Waals surface area contributed by atoms with E-state index < -0.39 is 9.84 Å². The predicted molar refractivity (Wildman–Crippen MR) is 102 cm³/mol. The number of aryl methyl sites for hydroxylation is 1. The van der Waals surface area contributed by atoms with E-state index in [9.17, 15) is 8.42 Å². The molecule has 0 aliphatic carbocycles. The van der Waals surface area contributed by atoms with Crippen molar-refractivity contribution in [2.24, 2.45) is 0 Å². The number of benzene rings is 1. The van der Waals surface area contributed by atoms with Crippen LogP contribution in [0.25, 0.3) is 17.0 Å². The number of nitrogens with one attached hydrogen (secondary N) is 1. The number of nitrogens with zero attached hydrogens (tertiary/aromatic N) is 4. The molecule has 7 nitrogen and oxygen atoms in total. The molecular formula is C19H17N5O2S. The van der Waals surface area contributed by atoms with Crippen LogP contribution in [0.1, 0.15) is 5.69 Å². The molecule has 0 radical (unpaired) electrons. The molecule has 0 amide bonds. The highest BCUT2D eigenvalue weighted by molar-refractivity contribution is 7.91. The third kappa shape index (κ3) is 2.83. The summed E-state index contributed by atoms with van der Waals surface area (Å²) < 4.78 is 28.1. The van der Waals surface area contributed by atoms with E-state index >= 15 is 0 Å².